The monoisotopic (exact) mass is 530 g/mol. The van der Waals surface area contributed by atoms with Gasteiger partial charge in [-0.3, -0.25) is 0 Å². The minimum atomic E-state index is -0.461. The lowest BCUT2D eigenvalue weighted by Gasteiger charge is -2.42. The summed E-state index contributed by atoms with van der Waals surface area (Å²) < 4.78 is 36.5. The molecule has 0 aliphatic heterocycles. The number of benzene rings is 3. The lowest BCUT2D eigenvalue weighted by Crippen LogP contribution is -2.30. The number of ether oxygens (including phenoxy) is 1. The molecule has 3 aromatic rings. The first-order chi connectivity index (χ1) is 19.1. The first-order valence-electron chi connectivity index (χ1n) is 15.4. The van der Waals surface area contributed by atoms with E-state index in [1.165, 1.54) is 64.2 Å². The van der Waals surface area contributed by atoms with Gasteiger partial charge in [0.25, 0.3) is 0 Å². The van der Waals surface area contributed by atoms with Crippen LogP contribution in [0.15, 0.2) is 66.7 Å². The number of halogens is 2. The first kappa shape index (κ1) is 27.9. The highest BCUT2D eigenvalue weighted by Gasteiger charge is 2.36. The summed E-state index contributed by atoms with van der Waals surface area (Å²) >= 11 is 0. The minimum absolute atomic E-state index is 0.0569. The highest BCUT2D eigenvalue weighted by Crippen LogP contribution is 2.49. The molecule has 0 radical (unpaired) electrons. The topological polar surface area (TPSA) is 9.23 Å². The molecule has 0 saturated heterocycles. The third kappa shape index (κ3) is 7.29. The van der Waals surface area contributed by atoms with Gasteiger partial charge in [0, 0.05) is 0 Å². The van der Waals surface area contributed by atoms with Crippen molar-refractivity contribution in [3.05, 3.63) is 89.5 Å². The summed E-state index contributed by atoms with van der Waals surface area (Å²) in [5, 5.41) is 0. The van der Waals surface area contributed by atoms with E-state index in [0.717, 1.165) is 35.8 Å². The Kier molecular flexibility index (Phi) is 9.71. The van der Waals surface area contributed by atoms with E-state index in [4.69, 9.17) is 4.74 Å². The number of hydrogen-bond acceptors (Lipinski definition) is 1. The van der Waals surface area contributed by atoms with E-state index in [0.29, 0.717) is 23.8 Å². The van der Waals surface area contributed by atoms with Gasteiger partial charge < -0.3 is 4.74 Å². The Morgan fingerprint density at radius 2 is 1.44 bits per heavy atom. The summed E-state index contributed by atoms with van der Waals surface area (Å²) in [4.78, 5) is 0. The van der Waals surface area contributed by atoms with Crippen LogP contribution in [0.2, 0.25) is 0 Å². The Bertz CT molecular complexity index is 1150. The molecule has 0 bridgehead atoms. The SMILES string of the molecule is CCCCCCCC1CCC2CC(c3cc(F)c(-c4ccc(OCc5ccccc5)cc4)c(F)c3)CCC2C1. The molecule has 39 heavy (non-hydrogen) atoms. The van der Waals surface area contributed by atoms with Crippen molar-refractivity contribution >= 4 is 0 Å². The van der Waals surface area contributed by atoms with Crippen LogP contribution in [-0.4, -0.2) is 0 Å². The second kappa shape index (κ2) is 13.6. The summed E-state index contributed by atoms with van der Waals surface area (Å²) in [6.07, 6.45) is 15.6. The Morgan fingerprint density at radius 1 is 0.744 bits per heavy atom. The molecule has 2 saturated carbocycles. The van der Waals surface area contributed by atoms with Crippen molar-refractivity contribution < 1.29 is 13.5 Å². The van der Waals surface area contributed by atoms with Gasteiger partial charge in [-0.05, 0) is 96.7 Å². The van der Waals surface area contributed by atoms with Crippen molar-refractivity contribution in [2.45, 2.75) is 96.5 Å². The van der Waals surface area contributed by atoms with Crippen LogP contribution >= 0.6 is 0 Å². The quantitative estimate of drug-likeness (QED) is 0.224. The van der Waals surface area contributed by atoms with Crippen LogP contribution in [0.25, 0.3) is 11.1 Å². The molecular weight excluding hydrogens is 486 g/mol. The zero-order valence-corrected chi connectivity index (χ0v) is 23.5. The van der Waals surface area contributed by atoms with Crippen molar-refractivity contribution in [2.24, 2.45) is 17.8 Å². The van der Waals surface area contributed by atoms with Gasteiger partial charge in [-0.2, -0.15) is 0 Å². The average molecular weight is 531 g/mol. The third-order valence-corrected chi connectivity index (χ3v) is 9.36. The van der Waals surface area contributed by atoms with Crippen LogP contribution in [0.5, 0.6) is 5.75 Å². The second-order valence-corrected chi connectivity index (χ2v) is 12.1. The second-order valence-electron chi connectivity index (χ2n) is 12.1. The average Bonchev–Trinajstić information content (AvgIpc) is 2.96. The molecule has 0 heterocycles. The van der Waals surface area contributed by atoms with Crippen LogP contribution in [0.3, 0.4) is 0 Å². The van der Waals surface area contributed by atoms with E-state index in [-0.39, 0.29) is 11.5 Å². The van der Waals surface area contributed by atoms with Gasteiger partial charge in [-0.1, -0.05) is 94.3 Å². The van der Waals surface area contributed by atoms with Crippen LogP contribution in [0, 0.1) is 29.4 Å². The van der Waals surface area contributed by atoms with E-state index in [1.807, 2.05) is 30.3 Å². The van der Waals surface area contributed by atoms with Crippen LogP contribution in [0.4, 0.5) is 8.78 Å². The van der Waals surface area contributed by atoms with E-state index in [9.17, 15) is 0 Å². The fourth-order valence-electron chi connectivity index (χ4n) is 7.15. The molecule has 5 rings (SSSR count). The molecule has 0 amide bonds. The molecule has 1 nitrogen and oxygen atoms in total. The molecule has 2 aliphatic carbocycles. The largest absolute Gasteiger partial charge is 0.489 e. The first-order valence-corrected chi connectivity index (χ1v) is 15.4. The summed E-state index contributed by atoms with van der Waals surface area (Å²) in [5.74, 6) is 2.45. The van der Waals surface area contributed by atoms with E-state index in [1.54, 1.807) is 36.4 Å². The molecule has 208 valence electrons. The van der Waals surface area contributed by atoms with Gasteiger partial charge in [-0.25, -0.2) is 8.78 Å². The van der Waals surface area contributed by atoms with Crippen molar-refractivity contribution in [3.63, 3.8) is 0 Å². The summed E-state index contributed by atoms with van der Waals surface area (Å²) in [7, 11) is 0. The van der Waals surface area contributed by atoms with E-state index >= 15 is 8.78 Å². The van der Waals surface area contributed by atoms with Crippen molar-refractivity contribution in [3.8, 4) is 16.9 Å². The van der Waals surface area contributed by atoms with Gasteiger partial charge in [0.2, 0.25) is 0 Å². The zero-order valence-electron chi connectivity index (χ0n) is 23.5. The molecule has 2 fully saturated rings. The van der Waals surface area contributed by atoms with Crippen LogP contribution < -0.4 is 4.74 Å². The van der Waals surface area contributed by atoms with Gasteiger partial charge in [0.05, 0.1) is 5.56 Å². The molecule has 3 aromatic carbocycles. The Labute approximate surface area is 234 Å². The zero-order chi connectivity index (χ0) is 27.0. The third-order valence-electron chi connectivity index (χ3n) is 9.36. The van der Waals surface area contributed by atoms with Crippen molar-refractivity contribution in [1.82, 2.24) is 0 Å². The summed E-state index contributed by atoms with van der Waals surface area (Å²) in [6.45, 7) is 2.73. The fraction of sp³-hybridized carbons (Fsp3) is 0.500. The highest BCUT2D eigenvalue weighted by atomic mass is 19.1. The Morgan fingerprint density at radius 3 is 2.18 bits per heavy atom. The van der Waals surface area contributed by atoms with Gasteiger partial charge in [0.1, 0.15) is 24.0 Å². The number of hydrogen-bond donors (Lipinski definition) is 0. The maximum Gasteiger partial charge on any atom is 0.134 e. The van der Waals surface area contributed by atoms with Gasteiger partial charge in [-0.15, -0.1) is 0 Å². The smallest absolute Gasteiger partial charge is 0.134 e. The van der Waals surface area contributed by atoms with Gasteiger partial charge in [0.15, 0.2) is 0 Å². The fourth-order valence-corrected chi connectivity index (χ4v) is 7.15. The molecule has 0 aromatic heterocycles. The predicted molar refractivity (Wildman–Crippen MR) is 157 cm³/mol. The maximum absolute atomic E-state index is 15.3. The lowest BCUT2D eigenvalue weighted by molar-refractivity contribution is 0.113. The molecule has 4 atom stereocenters. The van der Waals surface area contributed by atoms with Gasteiger partial charge >= 0.3 is 0 Å². The number of fused-ring (bicyclic) bond motifs is 1. The highest BCUT2D eigenvalue weighted by molar-refractivity contribution is 5.66. The molecule has 2 aliphatic rings. The number of unbranched alkanes of at least 4 members (excludes halogenated alkanes) is 4. The molecule has 0 spiro atoms. The molecule has 3 heteroatoms. The van der Waals surface area contributed by atoms with Crippen molar-refractivity contribution in [1.29, 1.82) is 0 Å². The summed E-state index contributed by atoms with van der Waals surface area (Å²) in [6, 6.07) is 20.2. The van der Waals surface area contributed by atoms with Crippen LogP contribution in [0.1, 0.15) is 101 Å². The molecule has 0 N–H and O–H groups in total. The predicted octanol–water partition coefficient (Wildman–Crippen LogP) is 10.9. The normalized spacial score (nSPS) is 22.8. The Balaban J connectivity index is 1.16. The van der Waals surface area contributed by atoms with E-state index < -0.39 is 11.6 Å². The lowest BCUT2D eigenvalue weighted by atomic mass is 9.63. The Hall–Kier alpha value is -2.68. The maximum atomic E-state index is 15.3. The molecular formula is C36H44F2O. The van der Waals surface area contributed by atoms with Crippen molar-refractivity contribution in [2.75, 3.05) is 0 Å². The standard InChI is InChI=1S/C36H44F2O/c1-2-3-4-5-7-10-26-13-14-30-22-31(16-15-29(30)21-26)32-23-34(37)36(35(38)24-32)28-17-19-33(20-18-28)39-25-27-11-8-6-9-12-27/h6,8-9,11-12,17-20,23-24,26,29-31H,2-5,7,10,13-16,21-22,25H2,1H3. The molecule has 4 unspecified atom stereocenters. The number of rotatable bonds is 11. The summed E-state index contributed by atoms with van der Waals surface area (Å²) in [5.41, 5.74) is 2.52. The minimum Gasteiger partial charge on any atom is -0.489 e. The van der Waals surface area contributed by atoms with E-state index in [2.05, 4.69) is 6.92 Å². The van der Waals surface area contributed by atoms with Crippen LogP contribution in [-0.2, 0) is 6.61 Å².